The maximum absolute atomic E-state index is 4.30. The minimum absolute atomic E-state index is 0.911. The largest absolute Gasteiger partial charge is 0.263 e. The zero-order valence-corrected chi connectivity index (χ0v) is 11.0. The van der Waals surface area contributed by atoms with Crippen molar-refractivity contribution in [1.29, 1.82) is 0 Å². The number of halogens is 1. The molecule has 0 N–H and O–H groups in total. The molecule has 3 nitrogen and oxygen atoms in total. The molecule has 2 heterocycles. The van der Waals surface area contributed by atoms with Crippen LogP contribution in [-0.4, -0.2) is 15.0 Å². The zero-order valence-electron chi connectivity index (χ0n) is 8.84. The molecule has 17 heavy (non-hydrogen) atoms. The van der Waals surface area contributed by atoms with E-state index >= 15 is 0 Å². The summed E-state index contributed by atoms with van der Waals surface area (Å²) in [5, 5.41) is 2.29. The number of hydrogen-bond acceptors (Lipinski definition) is 3. The van der Waals surface area contributed by atoms with Crippen LogP contribution in [0.3, 0.4) is 0 Å². The van der Waals surface area contributed by atoms with Crippen LogP contribution in [0.5, 0.6) is 0 Å². The molecular weight excluding hydrogens is 325 g/mol. The van der Waals surface area contributed by atoms with Crippen LogP contribution in [-0.2, 0) is 0 Å². The summed E-state index contributed by atoms with van der Waals surface area (Å²) in [5.74, 6) is 0. The first-order chi connectivity index (χ1) is 8.34. The predicted octanol–water partition coefficient (Wildman–Crippen LogP) is 3.30. The van der Waals surface area contributed by atoms with Crippen molar-refractivity contribution < 1.29 is 0 Å². The van der Waals surface area contributed by atoms with Crippen molar-refractivity contribution in [2.24, 2.45) is 0 Å². The Bertz CT molecular complexity index is 677. The van der Waals surface area contributed by atoms with E-state index in [1.165, 1.54) is 0 Å². The Labute approximate surface area is 112 Å². The van der Waals surface area contributed by atoms with Crippen molar-refractivity contribution in [1.82, 2.24) is 15.0 Å². The maximum Gasteiger partial charge on any atom is 0.117 e. The second-order valence-corrected chi connectivity index (χ2v) is 4.74. The molecule has 2 aromatic heterocycles. The van der Waals surface area contributed by atoms with Gasteiger partial charge in [-0.1, -0.05) is 24.3 Å². The topological polar surface area (TPSA) is 38.7 Å². The molecule has 0 radical (unpaired) electrons. The van der Waals surface area contributed by atoms with Crippen molar-refractivity contribution in [2.75, 3.05) is 0 Å². The second kappa shape index (κ2) is 4.37. The lowest BCUT2D eigenvalue weighted by Gasteiger charge is -2.04. The molecule has 0 unspecified atom stereocenters. The number of nitrogens with zero attached hydrogens (tertiary/aromatic N) is 3. The third-order valence-electron chi connectivity index (χ3n) is 2.58. The SMILES string of the molecule is Ic1cc(-c2cncc3ccccc23)ncn1. The lowest BCUT2D eigenvalue weighted by Crippen LogP contribution is -1.89. The standard InChI is InChI=1S/C13H8IN3/c14-13-5-12(16-8-17-13)11-7-15-6-9-3-1-2-4-10(9)11/h1-8H. The molecule has 4 heteroatoms. The molecule has 0 aliphatic rings. The molecule has 82 valence electrons. The van der Waals surface area contributed by atoms with Gasteiger partial charge in [-0.2, -0.15) is 0 Å². The van der Waals surface area contributed by atoms with Gasteiger partial charge in [0.1, 0.15) is 10.0 Å². The molecular formula is C13H8IN3. The smallest absolute Gasteiger partial charge is 0.117 e. The van der Waals surface area contributed by atoms with Gasteiger partial charge in [0.05, 0.1) is 5.69 Å². The first kappa shape index (κ1) is 10.6. The van der Waals surface area contributed by atoms with Crippen molar-refractivity contribution in [2.45, 2.75) is 0 Å². The van der Waals surface area contributed by atoms with E-state index in [0.29, 0.717) is 0 Å². The second-order valence-electron chi connectivity index (χ2n) is 3.63. The fourth-order valence-electron chi connectivity index (χ4n) is 1.80. The normalized spacial score (nSPS) is 10.6. The highest BCUT2D eigenvalue weighted by atomic mass is 127. The summed E-state index contributed by atoms with van der Waals surface area (Å²) in [5.41, 5.74) is 1.96. The van der Waals surface area contributed by atoms with E-state index in [-0.39, 0.29) is 0 Å². The van der Waals surface area contributed by atoms with Crippen LogP contribution in [0.4, 0.5) is 0 Å². The average molecular weight is 333 g/mol. The predicted molar refractivity (Wildman–Crippen MR) is 75.5 cm³/mol. The lowest BCUT2D eigenvalue weighted by atomic mass is 10.1. The Morgan fingerprint density at radius 3 is 2.76 bits per heavy atom. The Hall–Kier alpha value is -1.56. The van der Waals surface area contributed by atoms with Crippen LogP contribution < -0.4 is 0 Å². The average Bonchev–Trinajstić information content (AvgIpc) is 2.38. The molecule has 0 saturated carbocycles. The molecule has 0 spiro atoms. The first-order valence-corrected chi connectivity index (χ1v) is 6.23. The van der Waals surface area contributed by atoms with Crippen LogP contribution in [0.2, 0.25) is 0 Å². The van der Waals surface area contributed by atoms with Crippen LogP contribution in [0, 0.1) is 3.70 Å². The number of aromatic nitrogens is 3. The molecule has 0 fully saturated rings. The van der Waals surface area contributed by atoms with Crippen LogP contribution >= 0.6 is 22.6 Å². The summed E-state index contributed by atoms with van der Waals surface area (Å²) in [6, 6.07) is 10.1. The number of fused-ring (bicyclic) bond motifs is 1. The molecule has 0 atom stereocenters. The minimum atomic E-state index is 0.911. The Morgan fingerprint density at radius 2 is 1.88 bits per heavy atom. The maximum atomic E-state index is 4.30. The number of pyridine rings is 1. The highest BCUT2D eigenvalue weighted by Gasteiger charge is 2.05. The summed E-state index contributed by atoms with van der Waals surface area (Å²) in [4.78, 5) is 12.7. The van der Waals surface area contributed by atoms with E-state index in [1.54, 1.807) is 6.33 Å². The number of rotatable bonds is 1. The molecule has 0 saturated heterocycles. The quantitative estimate of drug-likeness (QED) is 0.507. The molecule has 3 rings (SSSR count). The van der Waals surface area contributed by atoms with Crippen molar-refractivity contribution in [3.63, 3.8) is 0 Å². The van der Waals surface area contributed by atoms with Gasteiger partial charge in [-0.3, -0.25) is 4.98 Å². The first-order valence-electron chi connectivity index (χ1n) is 5.15. The van der Waals surface area contributed by atoms with Crippen LogP contribution in [0.1, 0.15) is 0 Å². The van der Waals surface area contributed by atoms with E-state index in [4.69, 9.17) is 0 Å². The van der Waals surface area contributed by atoms with Crippen molar-refractivity contribution >= 4 is 33.4 Å². The summed E-state index contributed by atoms with van der Waals surface area (Å²) in [7, 11) is 0. The van der Waals surface area contributed by atoms with E-state index in [1.807, 2.05) is 30.6 Å². The third-order valence-corrected chi connectivity index (χ3v) is 3.17. The van der Waals surface area contributed by atoms with E-state index in [9.17, 15) is 0 Å². The highest BCUT2D eigenvalue weighted by molar-refractivity contribution is 14.1. The lowest BCUT2D eigenvalue weighted by molar-refractivity contribution is 1.14. The Balaban J connectivity index is 2.30. The zero-order chi connectivity index (χ0) is 11.7. The number of benzene rings is 1. The number of hydrogen-bond donors (Lipinski definition) is 0. The van der Waals surface area contributed by atoms with Crippen molar-refractivity contribution in [3.8, 4) is 11.3 Å². The van der Waals surface area contributed by atoms with Gasteiger partial charge >= 0.3 is 0 Å². The highest BCUT2D eigenvalue weighted by Crippen LogP contribution is 2.26. The minimum Gasteiger partial charge on any atom is -0.263 e. The third kappa shape index (κ3) is 2.00. The summed E-state index contributed by atoms with van der Waals surface area (Å²) < 4.78 is 0.931. The van der Waals surface area contributed by atoms with Gasteiger partial charge < -0.3 is 0 Å². The van der Waals surface area contributed by atoms with Gasteiger partial charge in [0.15, 0.2) is 0 Å². The molecule has 3 aromatic rings. The van der Waals surface area contributed by atoms with Gasteiger partial charge in [-0.25, -0.2) is 9.97 Å². The van der Waals surface area contributed by atoms with Gasteiger partial charge in [0.2, 0.25) is 0 Å². The Kier molecular flexibility index (Phi) is 2.72. The van der Waals surface area contributed by atoms with Gasteiger partial charge in [0.25, 0.3) is 0 Å². The summed E-state index contributed by atoms with van der Waals surface area (Å²) in [6.45, 7) is 0. The van der Waals surface area contributed by atoms with Crippen LogP contribution in [0.15, 0.2) is 49.1 Å². The molecule has 0 bridgehead atoms. The van der Waals surface area contributed by atoms with Gasteiger partial charge in [-0.15, -0.1) is 0 Å². The van der Waals surface area contributed by atoms with Crippen LogP contribution in [0.25, 0.3) is 22.0 Å². The van der Waals surface area contributed by atoms with E-state index in [0.717, 1.165) is 25.7 Å². The molecule has 1 aromatic carbocycles. The van der Waals surface area contributed by atoms with Gasteiger partial charge in [-0.05, 0) is 34.0 Å². The molecule has 0 amide bonds. The van der Waals surface area contributed by atoms with Crippen molar-refractivity contribution in [3.05, 3.63) is 52.8 Å². The van der Waals surface area contributed by atoms with Gasteiger partial charge in [0, 0.05) is 23.3 Å². The molecule has 0 aliphatic carbocycles. The summed E-state index contributed by atoms with van der Waals surface area (Å²) in [6.07, 6.45) is 5.30. The monoisotopic (exact) mass is 333 g/mol. The molecule has 0 aliphatic heterocycles. The fraction of sp³-hybridized carbons (Fsp3) is 0. The van der Waals surface area contributed by atoms with E-state index < -0.39 is 0 Å². The fourth-order valence-corrected chi connectivity index (χ4v) is 2.22. The Morgan fingerprint density at radius 1 is 1.00 bits per heavy atom. The van der Waals surface area contributed by atoms with E-state index in [2.05, 4.69) is 49.7 Å². The summed E-state index contributed by atoms with van der Waals surface area (Å²) >= 11 is 2.18.